The molecule has 1 rings (SSSR count). The van der Waals surface area contributed by atoms with Gasteiger partial charge in [0.05, 0.1) is 5.57 Å². The van der Waals surface area contributed by atoms with Gasteiger partial charge in [-0.2, -0.15) is 0 Å². The lowest BCUT2D eigenvalue weighted by molar-refractivity contribution is -0.122. The third-order valence-corrected chi connectivity index (χ3v) is 2.80. The highest BCUT2D eigenvalue weighted by Crippen LogP contribution is 2.22. The number of allylic oxidation sites excluding steroid dienone is 1. The van der Waals surface area contributed by atoms with Gasteiger partial charge >= 0.3 is 0 Å². The van der Waals surface area contributed by atoms with E-state index in [4.69, 9.17) is 23.2 Å². The third kappa shape index (κ3) is 3.97. The summed E-state index contributed by atoms with van der Waals surface area (Å²) in [5, 5.41) is 0.933. The van der Waals surface area contributed by atoms with E-state index < -0.39 is 0 Å². The van der Waals surface area contributed by atoms with Crippen LogP contribution in [0.3, 0.4) is 0 Å². The summed E-state index contributed by atoms with van der Waals surface area (Å²) in [5.74, 6) is -0.668. The lowest BCUT2D eigenvalue weighted by Crippen LogP contribution is -2.15. The van der Waals surface area contributed by atoms with Gasteiger partial charge < -0.3 is 0 Å². The molecule has 0 aromatic heterocycles. The highest BCUT2D eigenvalue weighted by Gasteiger charge is 2.17. The van der Waals surface area contributed by atoms with Gasteiger partial charge in [0, 0.05) is 16.0 Å². The number of carbonyl (C=O) groups is 2. The molecule has 0 fully saturated rings. The van der Waals surface area contributed by atoms with Crippen molar-refractivity contribution in [1.29, 1.82) is 0 Å². The minimum Gasteiger partial charge on any atom is -0.294 e. The summed E-state index contributed by atoms with van der Waals surface area (Å²) >= 11 is 11.7. The van der Waals surface area contributed by atoms with E-state index in [1.807, 2.05) is 0 Å². The van der Waals surface area contributed by atoms with Crippen LogP contribution in [0.4, 0.5) is 0 Å². The Morgan fingerprint density at radius 2 is 1.61 bits per heavy atom. The number of hydrogen-bond acceptors (Lipinski definition) is 2. The summed E-state index contributed by atoms with van der Waals surface area (Å²) in [5.41, 5.74) is 0.815. The Hall–Kier alpha value is -1.12. The molecular weight excluding hydrogens is 271 g/mol. The van der Waals surface area contributed by atoms with Crippen LogP contribution in [-0.2, 0) is 9.59 Å². The second kappa shape index (κ2) is 6.17. The Balaban J connectivity index is 3.24. The molecular formula is C14H14Cl2O2. The van der Waals surface area contributed by atoms with E-state index in [2.05, 4.69) is 0 Å². The van der Waals surface area contributed by atoms with Gasteiger partial charge in [-0.1, -0.05) is 37.0 Å². The van der Waals surface area contributed by atoms with Crippen LogP contribution in [0.2, 0.25) is 10.0 Å². The maximum atomic E-state index is 11.9. The number of carbonyl (C=O) groups excluding carboxylic acids is 2. The molecule has 0 unspecified atom stereocenters. The zero-order valence-corrected chi connectivity index (χ0v) is 12.0. The normalized spacial score (nSPS) is 11.8. The Labute approximate surface area is 117 Å². The fourth-order valence-electron chi connectivity index (χ4n) is 1.48. The van der Waals surface area contributed by atoms with Crippen molar-refractivity contribution in [3.05, 3.63) is 39.4 Å². The molecule has 0 spiro atoms. The number of hydrogen-bond donors (Lipinski definition) is 0. The van der Waals surface area contributed by atoms with Crippen LogP contribution in [0.1, 0.15) is 26.3 Å². The van der Waals surface area contributed by atoms with E-state index in [1.165, 1.54) is 13.0 Å². The second-order valence-electron chi connectivity index (χ2n) is 4.34. The van der Waals surface area contributed by atoms with Crippen molar-refractivity contribution in [3.63, 3.8) is 0 Å². The van der Waals surface area contributed by atoms with Crippen LogP contribution in [0.15, 0.2) is 23.8 Å². The van der Waals surface area contributed by atoms with Crippen LogP contribution in [0, 0.1) is 5.92 Å². The highest BCUT2D eigenvalue weighted by molar-refractivity contribution is 6.35. The van der Waals surface area contributed by atoms with Gasteiger partial charge in [-0.3, -0.25) is 9.59 Å². The molecule has 0 saturated carbocycles. The number of Topliss-reactive ketones (excluding diaryl/α,β-unsaturated/α-hetero) is 2. The van der Waals surface area contributed by atoms with Gasteiger partial charge in [0.1, 0.15) is 0 Å². The van der Waals surface area contributed by atoms with Gasteiger partial charge in [-0.25, -0.2) is 0 Å². The van der Waals surface area contributed by atoms with Crippen molar-refractivity contribution in [2.24, 2.45) is 5.92 Å². The van der Waals surface area contributed by atoms with Crippen LogP contribution >= 0.6 is 23.2 Å². The van der Waals surface area contributed by atoms with Crippen molar-refractivity contribution in [2.75, 3.05) is 0 Å². The Morgan fingerprint density at radius 3 is 2.00 bits per heavy atom. The Morgan fingerprint density at radius 1 is 1.11 bits per heavy atom. The summed E-state index contributed by atoms with van der Waals surface area (Å²) in [6.07, 6.45) is 1.53. The number of rotatable bonds is 4. The summed E-state index contributed by atoms with van der Waals surface area (Å²) in [7, 11) is 0. The molecule has 0 radical (unpaired) electrons. The SMILES string of the molecule is CC(=O)/C(=C\c1cc(Cl)cc(Cl)c1)C(=O)C(C)C. The van der Waals surface area contributed by atoms with E-state index >= 15 is 0 Å². The molecule has 1 aromatic carbocycles. The van der Waals surface area contributed by atoms with Crippen molar-refractivity contribution in [3.8, 4) is 0 Å². The molecule has 0 amide bonds. The predicted molar refractivity (Wildman–Crippen MR) is 75.0 cm³/mol. The zero-order valence-electron chi connectivity index (χ0n) is 10.5. The number of halogens is 2. The third-order valence-electron chi connectivity index (χ3n) is 2.37. The molecule has 18 heavy (non-hydrogen) atoms. The van der Waals surface area contributed by atoms with Crippen molar-refractivity contribution in [1.82, 2.24) is 0 Å². The summed E-state index contributed by atoms with van der Waals surface area (Å²) in [6, 6.07) is 4.91. The van der Waals surface area contributed by atoms with E-state index in [0.29, 0.717) is 15.6 Å². The van der Waals surface area contributed by atoms with Crippen molar-refractivity contribution in [2.45, 2.75) is 20.8 Å². The minimum atomic E-state index is -0.259. The minimum absolute atomic E-state index is 0.170. The smallest absolute Gasteiger partial charge is 0.168 e. The first-order valence-corrected chi connectivity index (χ1v) is 6.29. The molecule has 1 aromatic rings. The topological polar surface area (TPSA) is 34.1 Å². The van der Waals surface area contributed by atoms with Gasteiger partial charge in [0.15, 0.2) is 11.6 Å². The molecule has 96 valence electrons. The molecule has 0 aliphatic rings. The predicted octanol–water partition coefficient (Wildman–Crippen LogP) is 4.19. The molecule has 0 bridgehead atoms. The first-order valence-electron chi connectivity index (χ1n) is 5.54. The lowest BCUT2D eigenvalue weighted by atomic mass is 9.96. The van der Waals surface area contributed by atoms with Crippen LogP contribution in [-0.4, -0.2) is 11.6 Å². The van der Waals surface area contributed by atoms with E-state index in [9.17, 15) is 9.59 Å². The first kappa shape index (κ1) is 14.9. The second-order valence-corrected chi connectivity index (χ2v) is 5.21. The Bertz CT molecular complexity index is 496. The largest absolute Gasteiger partial charge is 0.294 e. The average molecular weight is 285 g/mol. The zero-order chi connectivity index (χ0) is 13.9. The molecule has 0 heterocycles. The van der Waals surface area contributed by atoms with Crippen LogP contribution in [0.5, 0.6) is 0 Å². The molecule has 0 saturated heterocycles. The molecule has 0 aliphatic carbocycles. The van der Waals surface area contributed by atoms with Crippen molar-refractivity contribution < 1.29 is 9.59 Å². The first-order chi connectivity index (χ1) is 8.31. The molecule has 2 nitrogen and oxygen atoms in total. The van der Waals surface area contributed by atoms with Crippen LogP contribution < -0.4 is 0 Å². The molecule has 0 atom stereocenters. The van der Waals surface area contributed by atoms with Gasteiger partial charge in [-0.05, 0) is 36.8 Å². The van der Waals surface area contributed by atoms with E-state index in [-0.39, 0.29) is 23.1 Å². The van der Waals surface area contributed by atoms with Crippen LogP contribution in [0.25, 0.3) is 6.08 Å². The van der Waals surface area contributed by atoms with Crippen molar-refractivity contribution >= 4 is 40.8 Å². The maximum Gasteiger partial charge on any atom is 0.168 e. The van der Waals surface area contributed by atoms with E-state index in [0.717, 1.165) is 0 Å². The van der Waals surface area contributed by atoms with Gasteiger partial charge in [0.2, 0.25) is 0 Å². The Kier molecular flexibility index (Phi) is 5.12. The fourth-order valence-corrected chi connectivity index (χ4v) is 2.03. The molecule has 0 N–H and O–H groups in total. The summed E-state index contributed by atoms with van der Waals surface area (Å²) in [4.78, 5) is 23.4. The fraction of sp³-hybridized carbons (Fsp3) is 0.286. The average Bonchev–Trinajstić information content (AvgIpc) is 2.23. The standard InChI is InChI=1S/C14H14Cl2O2/c1-8(2)14(18)13(9(3)17)6-10-4-11(15)7-12(16)5-10/h4-8H,1-3H3/b13-6+. The van der Waals surface area contributed by atoms with Gasteiger partial charge in [0.25, 0.3) is 0 Å². The highest BCUT2D eigenvalue weighted by atomic mass is 35.5. The summed E-state index contributed by atoms with van der Waals surface area (Å²) < 4.78 is 0. The maximum absolute atomic E-state index is 11.9. The lowest BCUT2D eigenvalue weighted by Gasteiger charge is -2.06. The number of benzene rings is 1. The summed E-state index contributed by atoms with van der Waals surface area (Å²) in [6.45, 7) is 4.88. The monoisotopic (exact) mass is 284 g/mol. The molecule has 4 heteroatoms. The quantitative estimate of drug-likeness (QED) is 0.472. The van der Waals surface area contributed by atoms with Gasteiger partial charge in [-0.15, -0.1) is 0 Å². The van der Waals surface area contributed by atoms with E-state index in [1.54, 1.807) is 32.0 Å². The number of ketones is 2. The molecule has 0 aliphatic heterocycles.